The summed E-state index contributed by atoms with van der Waals surface area (Å²) >= 11 is 6.84. The zero-order valence-electron chi connectivity index (χ0n) is 19.1. The number of rotatable bonds is 10. The minimum absolute atomic E-state index is 0.196. The highest BCUT2D eigenvalue weighted by Crippen LogP contribution is 2.35. The second-order valence-electron chi connectivity index (χ2n) is 7.54. The topological polar surface area (TPSA) is 65.1 Å². The molecule has 3 aromatic rings. The van der Waals surface area contributed by atoms with Gasteiger partial charge >= 0.3 is 0 Å². The number of halogens is 1. The van der Waals surface area contributed by atoms with E-state index in [0.29, 0.717) is 41.2 Å². The van der Waals surface area contributed by atoms with E-state index in [4.69, 9.17) is 25.8 Å². The van der Waals surface area contributed by atoms with E-state index >= 15 is 0 Å². The van der Waals surface area contributed by atoms with Crippen LogP contribution in [-0.4, -0.2) is 35.9 Å². The number of carbonyl (C=O) groups excluding carboxylic acids is 2. The first-order valence-electron chi connectivity index (χ1n) is 11.1. The van der Waals surface area contributed by atoms with Gasteiger partial charge in [0.25, 0.3) is 11.1 Å². The van der Waals surface area contributed by atoms with Gasteiger partial charge < -0.3 is 14.2 Å². The number of ether oxygens (including phenoxy) is 3. The Morgan fingerprint density at radius 2 is 1.63 bits per heavy atom. The molecule has 0 saturated carbocycles. The van der Waals surface area contributed by atoms with Crippen LogP contribution in [0.1, 0.15) is 18.1 Å². The van der Waals surface area contributed by atoms with Crippen molar-refractivity contribution >= 4 is 40.6 Å². The summed E-state index contributed by atoms with van der Waals surface area (Å²) in [6.07, 6.45) is 1.69. The van der Waals surface area contributed by atoms with E-state index in [1.165, 1.54) is 4.90 Å². The van der Waals surface area contributed by atoms with Gasteiger partial charge in [0.15, 0.2) is 11.5 Å². The number of hydrogen-bond acceptors (Lipinski definition) is 6. The van der Waals surface area contributed by atoms with Crippen molar-refractivity contribution in [2.24, 2.45) is 0 Å². The number of para-hydroxylation sites is 1. The number of thioether (sulfide) groups is 1. The minimum Gasteiger partial charge on any atom is -0.490 e. The Kier molecular flexibility index (Phi) is 8.34. The molecule has 0 spiro atoms. The number of nitrogens with zero attached hydrogens (tertiary/aromatic N) is 1. The summed E-state index contributed by atoms with van der Waals surface area (Å²) < 4.78 is 17.3. The molecule has 0 aliphatic carbocycles. The quantitative estimate of drug-likeness (QED) is 0.232. The summed E-state index contributed by atoms with van der Waals surface area (Å²) in [5, 5.41) is 0.295. The predicted molar refractivity (Wildman–Crippen MR) is 138 cm³/mol. The molecule has 1 aliphatic heterocycles. The molecule has 1 heterocycles. The molecule has 0 atom stereocenters. The molecule has 3 aromatic carbocycles. The molecule has 4 rings (SSSR count). The molecular formula is C27H24ClNO5S. The summed E-state index contributed by atoms with van der Waals surface area (Å²) in [7, 11) is 0. The maximum Gasteiger partial charge on any atom is 0.293 e. The first-order valence-corrected chi connectivity index (χ1v) is 12.3. The Bertz CT molecular complexity index is 1210. The second-order valence-corrected chi connectivity index (χ2v) is 8.97. The summed E-state index contributed by atoms with van der Waals surface area (Å²) in [6, 6.07) is 22.0. The molecular weight excluding hydrogens is 486 g/mol. The van der Waals surface area contributed by atoms with E-state index in [0.717, 1.165) is 28.6 Å². The highest BCUT2D eigenvalue weighted by Gasteiger charge is 2.35. The van der Waals surface area contributed by atoms with E-state index in [1.54, 1.807) is 42.5 Å². The molecule has 6 nitrogen and oxygen atoms in total. The maximum atomic E-state index is 12.9. The monoisotopic (exact) mass is 509 g/mol. The van der Waals surface area contributed by atoms with Crippen LogP contribution in [0.5, 0.6) is 17.2 Å². The van der Waals surface area contributed by atoms with E-state index < -0.39 is 0 Å². The Hall–Kier alpha value is -3.42. The van der Waals surface area contributed by atoms with Crippen LogP contribution in [0.2, 0.25) is 5.02 Å². The van der Waals surface area contributed by atoms with Gasteiger partial charge in [-0.1, -0.05) is 48.0 Å². The summed E-state index contributed by atoms with van der Waals surface area (Å²) in [6.45, 7) is 3.27. The van der Waals surface area contributed by atoms with Crippen LogP contribution in [-0.2, 0) is 11.3 Å². The number of carbonyl (C=O) groups is 2. The number of amides is 2. The normalized spacial score (nSPS) is 14.5. The van der Waals surface area contributed by atoms with Crippen molar-refractivity contribution in [2.45, 2.75) is 13.5 Å². The van der Waals surface area contributed by atoms with Crippen molar-refractivity contribution in [3.63, 3.8) is 0 Å². The largest absolute Gasteiger partial charge is 0.490 e. The lowest BCUT2D eigenvalue weighted by atomic mass is 10.1. The second kappa shape index (κ2) is 11.8. The van der Waals surface area contributed by atoms with E-state index in [2.05, 4.69) is 0 Å². The molecule has 0 N–H and O–H groups in total. The molecule has 0 bridgehead atoms. The van der Waals surface area contributed by atoms with Crippen LogP contribution in [0.3, 0.4) is 0 Å². The van der Waals surface area contributed by atoms with Crippen LogP contribution in [0, 0.1) is 0 Å². The lowest BCUT2D eigenvalue weighted by Crippen LogP contribution is -2.27. The van der Waals surface area contributed by atoms with Crippen LogP contribution >= 0.6 is 23.4 Å². The van der Waals surface area contributed by atoms with Gasteiger partial charge in [-0.15, -0.1) is 0 Å². The van der Waals surface area contributed by atoms with Crippen molar-refractivity contribution in [3.05, 3.63) is 93.9 Å². The molecule has 180 valence electrons. The molecule has 1 fully saturated rings. The molecule has 35 heavy (non-hydrogen) atoms. The molecule has 0 unspecified atom stereocenters. The fraction of sp³-hybridized carbons (Fsp3) is 0.185. The van der Waals surface area contributed by atoms with Crippen LogP contribution < -0.4 is 14.2 Å². The third kappa shape index (κ3) is 6.59. The highest BCUT2D eigenvalue weighted by molar-refractivity contribution is 8.18. The lowest BCUT2D eigenvalue weighted by Gasteiger charge is -2.13. The predicted octanol–water partition coefficient (Wildman–Crippen LogP) is 6.43. The fourth-order valence-electron chi connectivity index (χ4n) is 3.39. The third-order valence-electron chi connectivity index (χ3n) is 5.05. The van der Waals surface area contributed by atoms with Crippen molar-refractivity contribution in [2.75, 3.05) is 19.8 Å². The smallest absolute Gasteiger partial charge is 0.293 e. The fourth-order valence-corrected chi connectivity index (χ4v) is 4.35. The molecule has 1 aliphatic rings. The SMILES string of the molecule is CCOc1cc(/C=C2\SC(=O)N(Cc3ccc(Cl)cc3)C2=O)ccc1OCCOc1ccccc1. The van der Waals surface area contributed by atoms with Crippen LogP contribution in [0.25, 0.3) is 6.08 Å². The number of benzene rings is 3. The van der Waals surface area contributed by atoms with Gasteiger partial charge in [-0.05, 0) is 72.3 Å². The average Bonchev–Trinajstić information content (AvgIpc) is 3.12. The van der Waals surface area contributed by atoms with Gasteiger partial charge in [-0.3, -0.25) is 14.5 Å². The van der Waals surface area contributed by atoms with Gasteiger partial charge in [0.2, 0.25) is 0 Å². The van der Waals surface area contributed by atoms with Gasteiger partial charge in [0.05, 0.1) is 18.1 Å². The number of imide groups is 1. The zero-order chi connectivity index (χ0) is 24.6. The van der Waals surface area contributed by atoms with Crippen molar-refractivity contribution < 1.29 is 23.8 Å². The van der Waals surface area contributed by atoms with Gasteiger partial charge in [0, 0.05) is 5.02 Å². The lowest BCUT2D eigenvalue weighted by molar-refractivity contribution is -0.123. The molecule has 1 saturated heterocycles. The van der Waals surface area contributed by atoms with E-state index in [-0.39, 0.29) is 17.7 Å². The van der Waals surface area contributed by atoms with Gasteiger partial charge in [-0.25, -0.2) is 0 Å². The third-order valence-corrected chi connectivity index (χ3v) is 6.21. The molecule has 0 aromatic heterocycles. The Morgan fingerprint density at radius 1 is 0.886 bits per heavy atom. The first-order chi connectivity index (χ1) is 17.0. The van der Waals surface area contributed by atoms with E-state index in [9.17, 15) is 9.59 Å². The molecule has 8 heteroatoms. The average molecular weight is 510 g/mol. The Morgan fingerprint density at radius 3 is 2.37 bits per heavy atom. The number of hydrogen-bond donors (Lipinski definition) is 0. The van der Waals surface area contributed by atoms with Gasteiger partial charge in [-0.2, -0.15) is 0 Å². The maximum absolute atomic E-state index is 12.9. The van der Waals surface area contributed by atoms with Crippen molar-refractivity contribution in [1.82, 2.24) is 4.90 Å². The van der Waals surface area contributed by atoms with Gasteiger partial charge in [0.1, 0.15) is 19.0 Å². The van der Waals surface area contributed by atoms with E-state index in [1.807, 2.05) is 43.3 Å². The Labute approximate surface area is 213 Å². The van der Waals surface area contributed by atoms with Crippen molar-refractivity contribution in [1.29, 1.82) is 0 Å². The summed E-state index contributed by atoms with van der Waals surface area (Å²) in [4.78, 5) is 26.9. The Balaban J connectivity index is 1.41. The van der Waals surface area contributed by atoms with Crippen LogP contribution in [0.15, 0.2) is 77.7 Å². The summed E-state index contributed by atoms with van der Waals surface area (Å²) in [5.41, 5.74) is 1.56. The first kappa shape index (κ1) is 24.7. The molecule has 2 amide bonds. The minimum atomic E-state index is -0.328. The molecule has 0 radical (unpaired) electrons. The standard InChI is InChI=1S/C27H24ClNO5S/c1-2-32-24-16-20(10-13-23(24)34-15-14-33-22-6-4-3-5-7-22)17-25-26(30)29(27(31)35-25)18-19-8-11-21(28)12-9-19/h3-13,16-17H,2,14-15,18H2,1H3/b25-17-. The van der Waals surface area contributed by atoms with Crippen LogP contribution in [0.4, 0.5) is 4.79 Å². The van der Waals surface area contributed by atoms with Crippen molar-refractivity contribution in [3.8, 4) is 17.2 Å². The summed E-state index contributed by atoms with van der Waals surface area (Å²) in [5.74, 6) is 1.59. The zero-order valence-corrected chi connectivity index (χ0v) is 20.7. The highest BCUT2D eigenvalue weighted by atomic mass is 35.5.